The van der Waals surface area contributed by atoms with Crippen LogP contribution in [0.2, 0.25) is 0 Å². The van der Waals surface area contributed by atoms with Crippen LogP contribution in [0.1, 0.15) is 12.6 Å². The van der Waals surface area contributed by atoms with Crippen molar-refractivity contribution in [1.82, 2.24) is 4.98 Å². The predicted octanol–water partition coefficient (Wildman–Crippen LogP) is 1.58. The molecule has 0 saturated heterocycles. The Morgan fingerprint density at radius 1 is 1.44 bits per heavy atom. The van der Waals surface area contributed by atoms with Crippen LogP contribution in [-0.2, 0) is 9.63 Å². The summed E-state index contributed by atoms with van der Waals surface area (Å²) in [4.78, 5) is 19.1. The molecule has 0 fully saturated rings. The number of nitrogens with one attached hydrogen (secondary N) is 1. The maximum absolute atomic E-state index is 11.1. The highest BCUT2D eigenvalue weighted by Crippen LogP contribution is 2.13. The third-order valence-electron chi connectivity index (χ3n) is 2.22. The van der Waals surface area contributed by atoms with Crippen molar-refractivity contribution < 1.29 is 14.4 Å². The molecule has 81 valence electrons. The number of hydrogen-bond donors (Lipinski definition) is 1. The molecule has 1 radical (unpaired) electrons. The zero-order valence-corrected chi connectivity index (χ0v) is 9.15. The molecule has 0 spiro atoms. The number of hydroxylamine groups is 1. The first-order valence-electron chi connectivity index (χ1n) is 4.90. The summed E-state index contributed by atoms with van der Waals surface area (Å²) in [5, 5.41) is 1.07. The lowest BCUT2D eigenvalue weighted by Gasteiger charge is -1.88. The third-order valence-corrected chi connectivity index (χ3v) is 2.22. The van der Waals surface area contributed by atoms with E-state index in [-0.39, 0.29) is 5.91 Å². The van der Waals surface area contributed by atoms with E-state index in [1.54, 1.807) is 0 Å². The zero-order chi connectivity index (χ0) is 11.5. The van der Waals surface area contributed by atoms with E-state index in [1.807, 2.05) is 30.3 Å². The molecule has 2 rings (SSSR count). The number of hydrogen-bond acceptors (Lipinski definition) is 2. The summed E-state index contributed by atoms with van der Waals surface area (Å²) in [6.07, 6.45) is 2.82. The second-order valence-corrected chi connectivity index (χ2v) is 3.38. The van der Waals surface area contributed by atoms with Crippen molar-refractivity contribution in [3.63, 3.8) is 0 Å². The smallest absolute Gasteiger partial charge is 0.349 e. The first kappa shape index (κ1) is 10.4. The average Bonchev–Trinajstić information content (AvgIpc) is 2.67. The Kier molecular flexibility index (Phi) is 2.72. The van der Waals surface area contributed by atoms with Crippen LogP contribution in [0.5, 0.6) is 0 Å². The van der Waals surface area contributed by atoms with E-state index in [9.17, 15) is 4.79 Å². The number of carbonyl (C=O) groups excluding carboxylic acids is 1. The van der Waals surface area contributed by atoms with E-state index in [0.717, 1.165) is 15.6 Å². The SMILES string of the molecule is CO/[N+](=[C]\c1cc2ccccc2[nH]1)C(C)=O. The third kappa shape index (κ3) is 1.95. The molecule has 4 heteroatoms. The number of nitrogens with zero attached hydrogens (tertiary/aromatic N) is 1. The van der Waals surface area contributed by atoms with Gasteiger partial charge in [0.2, 0.25) is 0 Å². The van der Waals surface area contributed by atoms with Gasteiger partial charge in [0.15, 0.2) is 0 Å². The summed E-state index contributed by atoms with van der Waals surface area (Å²) < 4.78 is 1.06. The predicted molar refractivity (Wildman–Crippen MR) is 60.4 cm³/mol. The summed E-state index contributed by atoms with van der Waals surface area (Å²) in [5.41, 5.74) is 1.71. The van der Waals surface area contributed by atoms with Crippen molar-refractivity contribution in [2.45, 2.75) is 6.92 Å². The molecular formula is C12H12N2O2+. The molecule has 16 heavy (non-hydrogen) atoms. The lowest BCUT2D eigenvalue weighted by Crippen LogP contribution is -2.18. The van der Waals surface area contributed by atoms with Crippen molar-refractivity contribution in [2.24, 2.45) is 0 Å². The minimum atomic E-state index is -0.221. The van der Waals surface area contributed by atoms with E-state index < -0.39 is 0 Å². The van der Waals surface area contributed by atoms with Crippen molar-refractivity contribution >= 4 is 23.0 Å². The van der Waals surface area contributed by atoms with Crippen molar-refractivity contribution in [1.29, 1.82) is 0 Å². The van der Waals surface area contributed by atoms with Gasteiger partial charge in [-0.25, -0.2) is 4.79 Å². The monoisotopic (exact) mass is 216 g/mol. The van der Waals surface area contributed by atoms with Crippen molar-refractivity contribution in [3.8, 4) is 0 Å². The molecule has 0 aliphatic carbocycles. The van der Waals surface area contributed by atoms with Crippen LogP contribution in [0.4, 0.5) is 0 Å². The number of rotatable bonds is 2. The van der Waals surface area contributed by atoms with Gasteiger partial charge in [-0.05, 0) is 12.1 Å². The van der Waals surface area contributed by atoms with Crippen molar-refractivity contribution in [2.75, 3.05) is 7.11 Å². The van der Waals surface area contributed by atoms with E-state index in [4.69, 9.17) is 4.84 Å². The molecule has 4 nitrogen and oxygen atoms in total. The summed E-state index contributed by atoms with van der Waals surface area (Å²) in [7, 11) is 1.43. The highest BCUT2D eigenvalue weighted by molar-refractivity contribution is 5.89. The van der Waals surface area contributed by atoms with Gasteiger partial charge in [-0.2, -0.15) is 0 Å². The van der Waals surface area contributed by atoms with Gasteiger partial charge in [0.1, 0.15) is 12.8 Å². The van der Waals surface area contributed by atoms with Crippen molar-refractivity contribution in [3.05, 3.63) is 36.0 Å². The normalized spacial score (nSPS) is 11.8. The Morgan fingerprint density at radius 2 is 2.19 bits per heavy atom. The van der Waals surface area contributed by atoms with Gasteiger partial charge in [-0.3, -0.25) is 4.84 Å². The number of aromatic amines is 1. The second-order valence-electron chi connectivity index (χ2n) is 3.38. The number of para-hydroxylation sites is 1. The van der Waals surface area contributed by atoms with Gasteiger partial charge in [0.05, 0.1) is 11.7 Å². The molecule has 0 aliphatic heterocycles. The molecule has 1 aromatic carbocycles. The number of fused-ring (bicyclic) bond motifs is 1. The molecule has 2 aromatic rings. The van der Waals surface area contributed by atoms with Crippen LogP contribution in [0.25, 0.3) is 10.9 Å². The van der Waals surface area contributed by atoms with Crippen LogP contribution < -0.4 is 0 Å². The first-order valence-corrected chi connectivity index (χ1v) is 4.90. The number of H-pyrrole nitrogens is 1. The maximum Gasteiger partial charge on any atom is 0.432 e. The Balaban J connectivity index is 2.44. The Labute approximate surface area is 93.1 Å². The highest BCUT2D eigenvalue weighted by Gasteiger charge is 2.14. The zero-order valence-electron chi connectivity index (χ0n) is 9.15. The Hall–Kier alpha value is -2.10. The fraction of sp³-hybridized carbons (Fsp3) is 0.167. The van der Waals surface area contributed by atoms with Crippen LogP contribution >= 0.6 is 0 Å². The minimum Gasteiger partial charge on any atom is -0.349 e. The fourth-order valence-electron chi connectivity index (χ4n) is 1.50. The number of benzene rings is 1. The van der Waals surface area contributed by atoms with Crippen LogP contribution in [-0.4, -0.2) is 29.0 Å². The molecule has 1 amide bonds. The molecule has 1 aromatic heterocycles. The molecule has 1 heterocycles. The average molecular weight is 216 g/mol. The second kappa shape index (κ2) is 4.18. The lowest BCUT2D eigenvalue weighted by atomic mass is 10.2. The Morgan fingerprint density at radius 3 is 2.81 bits per heavy atom. The minimum absolute atomic E-state index is 0.221. The largest absolute Gasteiger partial charge is 0.432 e. The van der Waals surface area contributed by atoms with Gasteiger partial charge in [-0.15, -0.1) is 0 Å². The van der Waals surface area contributed by atoms with E-state index in [1.165, 1.54) is 14.0 Å². The summed E-state index contributed by atoms with van der Waals surface area (Å²) in [5.74, 6) is -0.221. The van der Waals surface area contributed by atoms with E-state index in [0.29, 0.717) is 5.69 Å². The van der Waals surface area contributed by atoms with Gasteiger partial charge < -0.3 is 4.98 Å². The molecule has 1 N–H and O–H groups in total. The van der Waals surface area contributed by atoms with Crippen LogP contribution in [0, 0.1) is 0 Å². The first-order chi connectivity index (χ1) is 7.70. The van der Waals surface area contributed by atoms with E-state index >= 15 is 0 Å². The summed E-state index contributed by atoms with van der Waals surface area (Å²) in [6.45, 7) is 1.42. The van der Waals surface area contributed by atoms with Gasteiger partial charge >= 0.3 is 12.1 Å². The summed E-state index contributed by atoms with van der Waals surface area (Å²) >= 11 is 0. The van der Waals surface area contributed by atoms with Gasteiger partial charge in [0, 0.05) is 10.9 Å². The molecule has 0 aliphatic rings. The van der Waals surface area contributed by atoms with E-state index in [2.05, 4.69) is 11.2 Å². The molecule has 0 unspecified atom stereocenters. The number of aromatic nitrogens is 1. The van der Waals surface area contributed by atoms with Crippen LogP contribution in [0.15, 0.2) is 30.3 Å². The molecule has 0 saturated carbocycles. The lowest BCUT2D eigenvalue weighted by molar-refractivity contribution is -0.708. The quantitative estimate of drug-likeness (QED) is 0.470. The summed E-state index contributed by atoms with van der Waals surface area (Å²) in [6, 6.07) is 9.76. The number of carbonyl (C=O) groups is 1. The Bertz CT molecular complexity index is 522. The van der Waals surface area contributed by atoms with Crippen LogP contribution in [0.3, 0.4) is 0 Å². The topological polar surface area (TPSA) is 45.1 Å². The highest BCUT2D eigenvalue weighted by atomic mass is 16.7. The van der Waals surface area contributed by atoms with Gasteiger partial charge in [0.25, 0.3) is 0 Å². The maximum atomic E-state index is 11.1. The standard InChI is InChI=1S/C12H12N2O2/c1-9(15)14(16-2)8-11-7-10-5-3-4-6-12(10)13-11/h3-7,13H,1-2H3/q+1. The fourth-order valence-corrected chi connectivity index (χ4v) is 1.50. The van der Waals surface area contributed by atoms with Gasteiger partial charge in [-0.1, -0.05) is 18.2 Å². The molecule has 0 atom stereocenters. The molecular weight excluding hydrogens is 204 g/mol. The number of amides is 1. The molecule has 0 bridgehead atoms.